The van der Waals surface area contributed by atoms with Crippen LogP contribution in [0.5, 0.6) is 0 Å². The first-order valence-electron chi connectivity index (χ1n) is 11.3. The van der Waals surface area contributed by atoms with Crippen molar-refractivity contribution < 1.29 is 19.2 Å². The van der Waals surface area contributed by atoms with E-state index in [0.717, 1.165) is 57.5 Å². The number of unbranched alkanes of at least 4 members (excludes halogenated alkanes) is 1. The monoisotopic (exact) mass is 456 g/mol. The Kier molecular flexibility index (Phi) is 14.3. The van der Waals surface area contributed by atoms with Gasteiger partial charge in [-0.3, -0.25) is 24.5 Å². The summed E-state index contributed by atoms with van der Waals surface area (Å²) in [6, 6.07) is 5.45. The summed E-state index contributed by atoms with van der Waals surface area (Å²) in [6.07, 6.45) is 4.87. The van der Waals surface area contributed by atoms with Gasteiger partial charge in [0.05, 0.1) is 0 Å². The molecule has 180 valence electrons. The molecule has 1 aromatic rings. The molecule has 8 nitrogen and oxygen atoms in total. The van der Waals surface area contributed by atoms with Crippen LogP contribution in [-0.2, 0) is 9.59 Å². The Hall–Kier alpha value is -2.86. The summed E-state index contributed by atoms with van der Waals surface area (Å²) in [6.45, 7) is 7.49. The van der Waals surface area contributed by atoms with Gasteiger partial charge < -0.3 is 15.1 Å². The number of carbonyl (C=O) groups is 4. The topological polar surface area (TPSA) is 98.8 Å². The van der Waals surface area contributed by atoms with Gasteiger partial charge in [-0.15, -0.1) is 0 Å². The van der Waals surface area contributed by atoms with Crippen molar-refractivity contribution >= 4 is 24.9 Å². The molecule has 2 N–H and O–H groups in total. The number of piperazine rings is 1. The van der Waals surface area contributed by atoms with Crippen molar-refractivity contribution in [2.75, 3.05) is 46.8 Å². The van der Waals surface area contributed by atoms with Crippen LogP contribution in [-0.4, -0.2) is 87.6 Å². The Labute approximate surface area is 197 Å². The van der Waals surface area contributed by atoms with Gasteiger partial charge in [0.1, 0.15) is 0 Å². The highest BCUT2D eigenvalue weighted by Crippen LogP contribution is 2.08. The van der Waals surface area contributed by atoms with Crippen molar-refractivity contribution in [1.29, 1.82) is 0 Å². The van der Waals surface area contributed by atoms with Crippen molar-refractivity contribution in [3.63, 3.8) is 0 Å². The van der Waals surface area contributed by atoms with Gasteiger partial charge in [0.25, 0.3) is 0 Å². The Bertz CT molecular complexity index is 823. The zero-order valence-corrected chi connectivity index (χ0v) is 19.9. The predicted molar refractivity (Wildman–Crippen MR) is 129 cm³/mol. The summed E-state index contributed by atoms with van der Waals surface area (Å²) in [5, 5.41) is 5.44. The summed E-state index contributed by atoms with van der Waals surface area (Å²) < 4.78 is 0. The highest BCUT2D eigenvalue weighted by atomic mass is 16.2. The molecule has 8 heteroatoms. The molecular weight excluding hydrogens is 420 g/mol. The third-order valence-corrected chi connectivity index (χ3v) is 5.45. The molecule has 2 rings (SSSR count). The molecule has 2 amide bonds. The molecule has 0 bridgehead atoms. The largest absolute Gasteiger partial charge is 0.314 e. The lowest BCUT2D eigenvalue weighted by atomic mass is 10.1. The van der Waals surface area contributed by atoms with Crippen LogP contribution in [0.1, 0.15) is 58.9 Å². The van der Waals surface area contributed by atoms with E-state index in [0.29, 0.717) is 42.6 Å². The van der Waals surface area contributed by atoms with Crippen molar-refractivity contribution in [3.8, 4) is 11.8 Å². The number of aldehydes is 2. The van der Waals surface area contributed by atoms with Crippen LogP contribution in [0.4, 0.5) is 0 Å². The molecule has 1 aliphatic heterocycles. The molecule has 1 aliphatic rings. The summed E-state index contributed by atoms with van der Waals surface area (Å²) in [5.41, 5.74) is 1.59. The van der Waals surface area contributed by atoms with Gasteiger partial charge in [0.15, 0.2) is 12.6 Å². The van der Waals surface area contributed by atoms with Crippen molar-refractivity contribution in [2.45, 2.75) is 38.6 Å². The number of hydrogen-bond donors (Lipinski definition) is 2. The SMILES string of the molecule is CC(CCC(=O)NC=O)N(C)C.O=Cc1ccc(C#CCCCN2CCNCC2)cc1C=O. The second-order valence-corrected chi connectivity index (χ2v) is 8.11. The normalized spacial score (nSPS) is 14.2. The van der Waals surface area contributed by atoms with Crippen LogP contribution in [0.2, 0.25) is 0 Å². The van der Waals surface area contributed by atoms with Gasteiger partial charge >= 0.3 is 0 Å². The number of nitrogens with one attached hydrogen (secondary N) is 2. The van der Waals surface area contributed by atoms with Crippen LogP contribution in [0.25, 0.3) is 0 Å². The molecule has 0 radical (unpaired) electrons. The molecule has 33 heavy (non-hydrogen) atoms. The van der Waals surface area contributed by atoms with Gasteiger partial charge in [-0.2, -0.15) is 0 Å². The average Bonchev–Trinajstić information content (AvgIpc) is 2.83. The van der Waals surface area contributed by atoms with Crippen LogP contribution < -0.4 is 10.6 Å². The van der Waals surface area contributed by atoms with Gasteiger partial charge in [-0.25, -0.2) is 0 Å². The number of benzene rings is 1. The Morgan fingerprint density at radius 1 is 1.18 bits per heavy atom. The maximum absolute atomic E-state index is 10.9. The fourth-order valence-corrected chi connectivity index (χ4v) is 3.09. The van der Waals surface area contributed by atoms with E-state index in [-0.39, 0.29) is 5.91 Å². The molecule has 1 saturated heterocycles. The second kappa shape index (κ2) is 16.7. The second-order valence-electron chi connectivity index (χ2n) is 8.11. The van der Waals surface area contributed by atoms with Crippen LogP contribution in [0.15, 0.2) is 18.2 Å². The van der Waals surface area contributed by atoms with Crippen LogP contribution >= 0.6 is 0 Å². The molecule has 0 aromatic heterocycles. The van der Waals surface area contributed by atoms with E-state index in [1.807, 2.05) is 25.9 Å². The van der Waals surface area contributed by atoms with E-state index in [2.05, 4.69) is 27.4 Å². The minimum Gasteiger partial charge on any atom is -0.314 e. The number of rotatable bonds is 10. The highest BCUT2D eigenvalue weighted by Gasteiger charge is 2.08. The summed E-state index contributed by atoms with van der Waals surface area (Å²) >= 11 is 0. The molecule has 1 atom stereocenters. The van der Waals surface area contributed by atoms with Gasteiger partial charge in [0, 0.05) is 61.8 Å². The Morgan fingerprint density at radius 3 is 2.48 bits per heavy atom. The fraction of sp³-hybridized carbons (Fsp3) is 0.520. The summed E-state index contributed by atoms with van der Waals surface area (Å²) in [4.78, 5) is 46.8. The van der Waals surface area contributed by atoms with E-state index in [1.165, 1.54) is 0 Å². The van der Waals surface area contributed by atoms with Crippen LogP contribution in [0, 0.1) is 11.8 Å². The van der Waals surface area contributed by atoms with Gasteiger partial charge in [0.2, 0.25) is 12.3 Å². The zero-order valence-electron chi connectivity index (χ0n) is 19.9. The maximum atomic E-state index is 10.9. The minimum atomic E-state index is -0.210. The van der Waals surface area contributed by atoms with Crippen molar-refractivity contribution in [1.82, 2.24) is 20.4 Å². The van der Waals surface area contributed by atoms with E-state index in [1.54, 1.807) is 18.2 Å². The first kappa shape index (κ1) is 28.2. The molecule has 0 aliphatic carbocycles. The van der Waals surface area contributed by atoms with E-state index in [9.17, 15) is 19.2 Å². The molecule has 1 aromatic carbocycles. The molecule has 1 unspecified atom stereocenters. The van der Waals surface area contributed by atoms with E-state index >= 15 is 0 Å². The van der Waals surface area contributed by atoms with E-state index < -0.39 is 0 Å². The smallest absolute Gasteiger partial charge is 0.226 e. The van der Waals surface area contributed by atoms with Crippen LogP contribution in [0.3, 0.4) is 0 Å². The predicted octanol–water partition coefficient (Wildman–Crippen LogP) is 1.34. The number of carbonyl (C=O) groups excluding carboxylic acids is 4. The molecule has 0 saturated carbocycles. The molecule has 1 heterocycles. The first-order valence-corrected chi connectivity index (χ1v) is 11.3. The highest BCUT2D eigenvalue weighted by molar-refractivity contribution is 5.90. The van der Waals surface area contributed by atoms with Gasteiger partial charge in [-0.1, -0.05) is 11.8 Å². The first-order chi connectivity index (χ1) is 15.9. The minimum absolute atomic E-state index is 0.210. The number of imide groups is 1. The van der Waals surface area contributed by atoms with E-state index in [4.69, 9.17) is 0 Å². The lowest BCUT2D eigenvalue weighted by Gasteiger charge is -2.26. The fourth-order valence-electron chi connectivity index (χ4n) is 3.09. The summed E-state index contributed by atoms with van der Waals surface area (Å²) in [5.74, 6) is 5.98. The van der Waals surface area contributed by atoms with Crippen molar-refractivity contribution in [3.05, 3.63) is 34.9 Å². The summed E-state index contributed by atoms with van der Waals surface area (Å²) in [7, 11) is 3.92. The maximum Gasteiger partial charge on any atom is 0.226 e. The average molecular weight is 457 g/mol. The lowest BCUT2D eigenvalue weighted by Crippen LogP contribution is -2.43. The Balaban J connectivity index is 0.000000389. The lowest BCUT2D eigenvalue weighted by molar-refractivity contribution is -0.125. The van der Waals surface area contributed by atoms with Crippen molar-refractivity contribution in [2.24, 2.45) is 0 Å². The quantitative estimate of drug-likeness (QED) is 0.311. The molecule has 0 spiro atoms. The third kappa shape index (κ3) is 12.1. The Morgan fingerprint density at radius 2 is 1.88 bits per heavy atom. The zero-order chi connectivity index (χ0) is 24.5. The van der Waals surface area contributed by atoms with Gasteiger partial charge in [-0.05, 0) is 58.6 Å². The molecule has 1 fully saturated rings. The number of hydrogen-bond acceptors (Lipinski definition) is 7. The third-order valence-electron chi connectivity index (χ3n) is 5.45. The standard InChI is InChI=1S/C17H20N2O2.C8H16N2O2/c20-13-16-6-5-15(12-17(16)14-21)4-2-1-3-9-19-10-7-18-8-11-19;1-7(10(2)3)4-5-8(12)9-6-11/h5-6,12-14,18H,1,3,7-11H2;6-7H,4-5H2,1-3H3,(H,9,11,12). The number of nitrogens with zero attached hydrogens (tertiary/aromatic N) is 2. The molecular formula is C25H36N4O4. The number of amides is 2.